The van der Waals surface area contributed by atoms with Gasteiger partial charge in [-0.1, -0.05) is 37.3 Å². The zero-order valence-electron chi connectivity index (χ0n) is 18.2. The first kappa shape index (κ1) is 24.0. The Morgan fingerprint density at radius 1 is 1.27 bits per heavy atom. The molecule has 1 aliphatic rings. The van der Waals surface area contributed by atoms with Crippen molar-refractivity contribution in [2.75, 3.05) is 24.6 Å². The second kappa shape index (κ2) is 9.87. The molecule has 1 saturated heterocycles. The molecule has 0 spiro atoms. The summed E-state index contributed by atoms with van der Waals surface area (Å²) >= 11 is 0. The molecule has 3 rings (SSSR count). The van der Waals surface area contributed by atoms with Crippen LogP contribution in [0, 0.1) is 17.2 Å². The van der Waals surface area contributed by atoms with E-state index in [1.54, 1.807) is 49.1 Å². The molecule has 33 heavy (non-hydrogen) atoms. The minimum absolute atomic E-state index is 0.0887. The van der Waals surface area contributed by atoms with E-state index in [2.05, 4.69) is 9.71 Å². The molecule has 10 nitrogen and oxygen atoms in total. The van der Waals surface area contributed by atoms with Crippen molar-refractivity contribution in [3.8, 4) is 11.9 Å². The van der Waals surface area contributed by atoms with Crippen molar-refractivity contribution >= 4 is 27.7 Å². The molecule has 0 radical (unpaired) electrons. The first-order valence-electron chi connectivity index (χ1n) is 10.4. The quantitative estimate of drug-likeness (QED) is 0.556. The number of nitriles is 1. The number of carboxylic acid groups (broad SMARTS) is 1. The van der Waals surface area contributed by atoms with Crippen molar-refractivity contribution in [3.05, 3.63) is 52.6 Å². The number of nitrogens with one attached hydrogen (secondary N) is 1. The van der Waals surface area contributed by atoms with Gasteiger partial charge in [0.05, 0.1) is 23.8 Å². The number of ether oxygens (including phenoxy) is 1. The Kier molecular flexibility index (Phi) is 7.18. The van der Waals surface area contributed by atoms with E-state index in [4.69, 9.17) is 4.74 Å². The smallest absolute Gasteiger partial charge is 0.341 e. The van der Waals surface area contributed by atoms with Gasteiger partial charge in [0.2, 0.25) is 21.8 Å². The normalized spacial score (nSPS) is 13.7. The van der Waals surface area contributed by atoms with Crippen LogP contribution in [0.5, 0.6) is 5.88 Å². The molecule has 1 fully saturated rings. The standard InChI is InChI=1S/C22H24N4O6S/c1-3-16-17(10-23)19(24-21(32-4-2)18(16)22(28)29)26-11-15(12-26)20(27)25-33(30,31)13-14-8-6-5-7-9-14/h5-9,15H,3-4,11-13H2,1-2H3,(H,25,27)(H,28,29). The maximum Gasteiger partial charge on any atom is 0.341 e. The van der Waals surface area contributed by atoms with E-state index in [1.165, 1.54) is 0 Å². The van der Waals surface area contributed by atoms with Gasteiger partial charge in [-0.3, -0.25) is 9.52 Å². The topological polar surface area (TPSA) is 150 Å². The van der Waals surface area contributed by atoms with Gasteiger partial charge in [0.1, 0.15) is 11.6 Å². The van der Waals surface area contributed by atoms with Crippen molar-refractivity contribution in [2.45, 2.75) is 26.0 Å². The number of hydrogen-bond donors (Lipinski definition) is 2. The summed E-state index contributed by atoms with van der Waals surface area (Å²) in [6.07, 6.45) is 0.273. The van der Waals surface area contributed by atoms with E-state index in [1.807, 2.05) is 6.07 Å². The molecule has 1 amide bonds. The number of pyridine rings is 1. The lowest BCUT2D eigenvalue weighted by molar-refractivity contribution is -0.123. The summed E-state index contributed by atoms with van der Waals surface area (Å²) in [5.74, 6) is -2.68. The number of aromatic carboxylic acids is 1. The van der Waals surface area contributed by atoms with Gasteiger partial charge in [0.25, 0.3) is 0 Å². The fraction of sp³-hybridized carbons (Fsp3) is 0.364. The lowest BCUT2D eigenvalue weighted by atomic mass is 9.96. The van der Waals surface area contributed by atoms with Crippen molar-refractivity contribution in [1.82, 2.24) is 9.71 Å². The summed E-state index contributed by atoms with van der Waals surface area (Å²) in [7, 11) is -3.86. The lowest BCUT2D eigenvalue weighted by Crippen LogP contribution is -2.55. The Labute approximate surface area is 191 Å². The molecule has 0 bridgehead atoms. The molecule has 1 aromatic heterocycles. The third-order valence-electron chi connectivity index (χ3n) is 5.22. The maximum absolute atomic E-state index is 12.5. The number of benzene rings is 1. The molecule has 11 heteroatoms. The molecule has 2 N–H and O–H groups in total. The summed E-state index contributed by atoms with van der Waals surface area (Å²) in [5, 5.41) is 19.3. The number of aromatic nitrogens is 1. The Bertz CT molecular complexity index is 1200. The molecule has 0 unspecified atom stereocenters. The van der Waals surface area contributed by atoms with Gasteiger partial charge < -0.3 is 14.7 Å². The van der Waals surface area contributed by atoms with E-state index < -0.39 is 27.8 Å². The molecule has 174 valence electrons. The van der Waals surface area contributed by atoms with E-state index in [0.29, 0.717) is 11.1 Å². The number of carbonyl (C=O) groups excluding carboxylic acids is 1. The highest BCUT2D eigenvalue weighted by atomic mass is 32.2. The summed E-state index contributed by atoms with van der Waals surface area (Å²) in [4.78, 5) is 30.2. The number of carbonyl (C=O) groups is 2. The average molecular weight is 473 g/mol. The highest BCUT2D eigenvalue weighted by molar-refractivity contribution is 7.89. The number of sulfonamides is 1. The molecule has 2 heterocycles. The van der Waals surface area contributed by atoms with Crippen LogP contribution in [0.3, 0.4) is 0 Å². The number of rotatable bonds is 9. The van der Waals surface area contributed by atoms with E-state index >= 15 is 0 Å². The molecule has 0 aliphatic carbocycles. The number of nitrogens with zero attached hydrogens (tertiary/aromatic N) is 3. The Balaban J connectivity index is 1.77. The molecule has 0 saturated carbocycles. The van der Waals surface area contributed by atoms with Gasteiger partial charge in [0.15, 0.2) is 5.82 Å². The van der Waals surface area contributed by atoms with Crippen LogP contribution >= 0.6 is 0 Å². The first-order valence-corrected chi connectivity index (χ1v) is 12.0. The Morgan fingerprint density at radius 2 is 1.94 bits per heavy atom. The second-order valence-corrected chi connectivity index (χ2v) is 9.21. The number of amides is 1. The second-order valence-electron chi connectivity index (χ2n) is 7.49. The molecular formula is C22H24N4O6S. The minimum Gasteiger partial charge on any atom is -0.477 e. The third-order valence-corrected chi connectivity index (χ3v) is 6.44. The van der Waals surface area contributed by atoms with Crippen LogP contribution in [0.25, 0.3) is 0 Å². The predicted octanol–water partition coefficient (Wildman–Crippen LogP) is 1.69. The van der Waals surface area contributed by atoms with Crippen molar-refractivity contribution in [2.24, 2.45) is 5.92 Å². The van der Waals surface area contributed by atoms with Crippen molar-refractivity contribution in [1.29, 1.82) is 5.26 Å². The average Bonchev–Trinajstić information content (AvgIpc) is 2.72. The molecular weight excluding hydrogens is 448 g/mol. The monoisotopic (exact) mass is 472 g/mol. The zero-order valence-corrected chi connectivity index (χ0v) is 19.1. The fourth-order valence-electron chi connectivity index (χ4n) is 3.64. The number of anilines is 1. The Hall–Kier alpha value is -3.65. The van der Waals surface area contributed by atoms with Gasteiger partial charge in [-0.2, -0.15) is 10.2 Å². The number of hydrogen-bond acceptors (Lipinski definition) is 8. The van der Waals surface area contributed by atoms with Crippen LogP contribution in [-0.4, -0.2) is 50.1 Å². The number of carboxylic acids is 1. The molecule has 1 aromatic carbocycles. The van der Waals surface area contributed by atoms with Crippen LogP contribution in [-0.2, 0) is 27.0 Å². The molecule has 1 aliphatic heterocycles. The van der Waals surface area contributed by atoms with Crippen molar-refractivity contribution < 1.29 is 27.9 Å². The third kappa shape index (κ3) is 5.23. The largest absolute Gasteiger partial charge is 0.477 e. The van der Waals surface area contributed by atoms with Gasteiger partial charge in [-0.05, 0) is 24.5 Å². The van der Waals surface area contributed by atoms with Crippen LogP contribution in [0.4, 0.5) is 5.82 Å². The Morgan fingerprint density at radius 3 is 2.48 bits per heavy atom. The summed E-state index contributed by atoms with van der Waals surface area (Å²) in [5.41, 5.74) is 0.817. The summed E-state index contributed by atoms with van der Waals surface area (Å²) in [6.45, 7) is 3.87. The van der Waals surface area contributed by atoms with E-state index in [9.17, 15) is 28.4 Å². The van der Waals surface area contributed by atoms with E-state index in [-0.39, 0.29) is 54.7 Å². The molecule has 0 atom stereocenters. The summed E-state index contributed by atoms with van der Waals surface area (Å²) < 4.78 is 32.2. The SMILES string of the molecule is CCOc1nc(N2CC(C(=O)NS(=O)(=O)Cc3ccccc3)C2)c(C#N)c(CC)c1C(=O)O. The van der Waals surface area contributed by atoms with Crippen LogP contribution in [0.2, 0.25) is 0 Å². The lowest BCUT2D eigenvalue weighted by Gasteiger charge is -2.39. The van der Waals surface area contributed by atoms with Crippen LogP contribution in [0.15, 0.2) is 30.3 Å². The molecule has 2 aromatic rings. The van der Waals surface area contributed by atoms with E-state index in [0.717, 1.165) is 0 Å². The minimum atomic E-state index is -3.86. The van der Waals surface area contributed by atoms with Gasteiger partial charge in [-0.15, -0.1) is 0 Å². The summed E-state index contributed by atoms with van der Waals surface area (Å²) in [6, 6.07) is 10.5. The maximum atomic E-state index is 12.5. The van der Waals surface area contributed by atoms with Gasteiger partial charge in [0, 0.05) is 13.1 Å². The highest BCUT2D eigenvalue weighted by Gasteiger charge is 2.38. The fourth-order valence-corrected chi connectivity index (χ4v) is 4.82. The first-order chi connectivity index (χ1) is 15.7. The zero-order chi connectivity index (χ0) is 24.2. The van der Waals surface area contributed by atoms with Crippen LogP contribution < -0.4 is 14.4 Å². The van der Waals surface area contributed by atoms with Gasteiger partial charge >= 0.3 is 5.97 Å². The van der Waals surface area contributed by atoms with Crippen LogP contribution in [0.1, 0.15) is 40.9 Å². The van der Waals surface area contributed by atoms with Gasteiger partial charge in [-0.25, -0.2) is 13.2 Å². The predicted molar refractivity (Wildman–Crippen MR) is 119 cm³/mol. The highest BCUT2D eigenvalue weighted by Crippen LogP contribution is 2.34. The van der Waals surface area contributed by atoms with Crippen molar-refractivity contribution in [3.63, 3.8) is 0 Å².